The number of aromatic nitrogens is 2. The smallest absolute Gasteiger partial charge is 0.152 e. The van der Waals surface area contributed by atoms with Gasteiger partial charge in [0.2, 0.25) is 0 Å². The second kappa shape index (κ2) is 8.53. The largest absolute Gasteiger partial charge is 0.460 e. The van der Waals surface area contributed by atoms with Gasteiger partial charge in [-0.3, -0.25) is 5.10 Å². The lowest BCUT2D eigenvalue weighted by atomic mass is 10.2. The minimum absolute atomic E-state index is 0.792. The number of aryl methyl sites for hydroxylation is 1. The quantitative estimate of drug-likeness (QED) is 0.579. The van der Waals surface area contributed by atoms with Crippen LogP contribution in [0.3, 0.4) is 0 Å². The number of furan rings is 1. The van der Waals surface area contributed by atoms with Gasteiger partial charge in [0, 0.05) is 31.4 Å². The molecule has 0 fully saturated rings. The van der Waals surface area contributed by atoms with Crippen molar-refractivity contribution in [2.45, 2.75) is 26.3 Å². The zero-order valence-electron chi connectivity index (χ0n) is 15.0. The molecule has 132 valence electrons. The van der Waals surface area contributed by atoms with E-state index in [2.05, 4.69) is 57.8 Å². The van der Waals surface area contributed by atoms with E-state index >= 15 is 0 Å². The van der Waals surface area contributed by atoms with E-state index in [0.717, 1.165) is 55.3 Å². The summed E-state index contributed by atoms with van der Waals surface area (Å²) in [4.78, 5) is 2.30. The van der Waals surface area contributed by atoms with Gasteiger partial charge in [0.25, 0.3) is 0 Å². The maximum Gasteiger partial charge on any atom is 0.152 e. The molecule has 2 N–H and O–H groups in total. The molecule has 0 aliphatic heterocycles. The molecule has 3 aromatic rings. The molecule has 2 aromatic heterocycles. The number of aromatic amines is 1. The number of unbranched alkanes of at least 4 members (excludes halogenated alkanes) is 1. The Hall–Kier alpha value is -2.53. The minimum atomic E-state index is 0.792. The standard InChI is InChI=1S/C20H26N4O/c1-16-10-11-19(25-16)20-17(15-22-23-20)14-21-12-6-7-13-24(2)18-8-4-3-5-9-18/h3-5,8-11,15,21H,6-7,12-14H2,1-2H3,(H,22,23). The molecule has 0 aliphatic rings. The van der Waals surface area contributed by atoms with E-state index in [0.29, 0.717) is 0 Å². The Bertz CT molecular complexity index is 763. The Balaban J connectivity index is 1.38. The predicted molar refractivity (Wildman–Crippen MR) is 102 cm³/mol. The molecule has 0 aliphatic carbocycles. The van der Waals surface area contributed by atoms with Crippen LogP contribution in [0.1, 0.15) is 24.2 Å². The Morgan fingerprint density at radius 2 is 1.96 bits per heavy atom. The van der Waals surface area contributed by atoms with Gasteiger partial charge in [0.15, 0.2) is 5.76 Å². The normalized spacial score (nSPS) is 11.0. The molecular formula is C20H26N4O. The fourth-order valence-electron chi connectivity index (χ4n) is 2.86. The van der Waals surface area contributed by atoms with Crippen LogP contribution >= 0.6 is 0 Å². The van der Waals surface area contributed by atoms with Crippen LogP contribution in [0.2, 0.25) is 0 Å². The molecule has 0 spiro atoms. The van der Waals surface area contributed by atoms with Crippen LogP contribution in [-0.4, -0.2) is 30.3 Å². The Morgan fingerprint density at radius 1 is 1.12 bits per heavy atom. The SMILES string of the molecule is Cc1ccc(-c2[nH]ncc2CNCCCCN(C)c2ccccc2)o1. The first-order chi connectivity index (χ1) is 12.2. The van der Waals surface area contributed by atoms with Crippen LogP contribution in [0.5, 0.6) is 0 Å². The van der Waals surface area contributed by atoms with Crippen molar-refractivity contribution in [1.29, 1.82) is 0 Å². The second-order valence-corrected chi connectivity index (χ2v) is 6.32. The fraction of sp³-hybridized carbons (Fsp3) is 0.350. The number of hydrogen-bond donors (Lipinski definition) is 2. The number of anilines is 1. The topological polar surface area (TPSA) is 57.1 Å². The minimum Gasteiger partial charge on any atom is -0.460 e. The number of para-hydroxylation sites is 1. The van der Waals surface area contributed by atoms with E-state index in [1.54, 1.807) is 0 Å². The summed E-state index contributed by atoms with van der Waals surface area (Å²) in [6.07, 6.45) is 4.17. The van der Waals surface area contributed by atoms with E-state index in [1.165, 1.54) is 5.69 Å². The first-order valence-corrected chi connectivity index (χ1v) is 8.80. The molecule has 0 saturated carbocycles. The molecule has 0 radical (unpaired) electrons. The van der Waals surface area contributed by atoms with Crippen LogP contribution in [-0.2, 0) is 6.54 Å². The fourth-order valence-corrected chi connectivity index (χ4v) is 2.86. The zero-order chi connectivity index (χ0) is 17.5. The zero-order valence-corrected chi connectivity index (χ0v) is 15.0. The number of nitrogens with one attached hydrogen (secondary N) is 2. The van der Waals surface area contributed by atoms with Crippen molar-refractivity contribution >= 4 is 5.69 Å². The Morgan fingerprint density at radius 3 is 2.72 bits per heavy atom. The van der Waals surface area contributed by atoms with Crippen molar-refractivity contribution in [3.05, 3.63) is 60.0 Å². The second-order valence-electron chi connectivity index (χ2n) is 6.32. The average Bonchev–Trinajstić information content (AvgIpc) is 3.27. The Labute approximate surface area is 149 Å². The molecule has 3 rings (SSSR count). The van der Waals surface area contributed by atoms with Crippen LogP contribution < -0.4 is 10.2 Å². The molecule has 5 heteroatoms. The van der Waals surface area contributed by atoms with Crippen molar-refractivity contribution < 1.29 is 4.42 Å². The number of benzene rings is 1. The van der Waals surface area contributed by atoms with E-state index in [1.807, 2.05) is 25.3 Å². The predicted octanol–water partition coefficient (Wildman–Crippen LogP) is 3.98. The molecule has 0 bridgehead atoms. The maximum atomic E-state index is 5.68. The van der Waals surface area contributed by atoms with Gasteiger partial charge in [-0.2, -0.15) is 5.10 Å². The summed E-state index contributed by atoms with van der Waals surface area (Å²) in [5.41, 5.74) is 3.37. The monoisotopic (exact) mass is 338 g/mol. The van der Waals surface area contributed by atoms with Crippen LogP contribution in [0.15, 0.2) is 53.1 Å². The molecule has 0 amide bonds. The van der Waals surface area contributed by atoms with Crippen LogP contribution in [0.25, 0.3) is 11.5 Å². The number of H-pyrrole nitrogens is 1. The van der Waals surface area contributed by atoms with Crippen molar-refractivity contribution in [3.8, 4) is 11.5 Å². The van der Waals surface area contributed by atoms with Crippen molar-refractivity contribution in [1.82, 2.24) is 15.5 Å². The molecule has 0 saturated heterocycles. The van der Waals surface area contributed by atoms with Gasteiger partial charge >= 0.3 is 0 Å². The molecule has 0 unspecified atom stereocenters. The van der Waals surface area contributed by atoms with E-state index < -0.39 is 0 Å². The summed E-state index contributed by atoms with van der Waals surface area (Å²) >= 11 is 0. The highest BCUT2D eigenvalue weighted by molar-refractivity contribution is 5.56. The third-order valence-electron chi connectivity index (χ3n) is 4.31. The molecule has 1 aromatic carbocycles. The number of hydrogen-bond acceptors (Lipinski definition) is 4. The molecule has 5 nitrogen and oxygen atoms in total. The highest BCUT2D eigenvalue weighted by Crippen LogP contribution is 2.23. The van der Waals surface area contributed by atoms with Gasteiger partial charge in [-0.25, -0.2) is 0 Å². The highest BCUT2D eigenvalue weighted by atomic mass is 16.3. The van der Waals surface area contributed by atoms with Crippen molar-refractivity contribution in [3.63, 3.8) is 0 Å². The third kappa shape index (κ3) is 4.73. The van der Waals surface area contributed by atoms with Gasteiger partial charge in [-0.05, 0) is 50.6 Å². The number of rotatable bonds is 9. The van der Waals surface area contributed by atoms with Gasteiger partial charge in [0.1, 0.15) is 11.5 Å². The highest BCUT2D eigenvalue weighted by Gasteiger charge is 2.10. The lowest BCUT2D eigenvalue weighted by Crippen LogP contribution is -2.20. The lowest BCUT2D eigenvalue weighted by molar-refractivity contribution is 0.544. The average molecular weight is 338 g/mol. The summed E-state index contributed by atoms with van der Waals surface area (Å²) in [5.74, 6) is 1.75. The first kappa shape index (κ1) is 17.3. The van der Waals surface area contributed by atoms with Crippen molar-refractivity contribution in [2.24, 2.45) is 0 Å². The summed E-state index contributed by atoms with van der Waals surface area (Å²) in [6.45, 7) is 4.79. The van der Waals surface area contributed by atoms with Crippen LogP contribution in [0, 0.1) is 6.92 Å². The molecular weight excluding hydrogens is 312 g/mol. The van der Waals surface area contributed by atoms with Crippen molar-refractivity contribution in [2.75, 3.05) is 25.0 Å². The van der Waals surface area contributed by atoms with Crippen LogP contribution in [0.4, 0.5) is 5.69 Å². The summed E-state index contributed by atoms with van der Waals surface area (Å²) < 4.78 is 5.68. The van der Waals surface area contributed by atoms with E-state index in [9.17, 15) is 0 Å². The van der Waals surface area contributed by atoms with Gasteiger partial charge in [0.05, 0.1) is 6.20 Å². The third-order valence-corrected chi connectivity index (χ3v) is 4.31. The summed E-state index contributed by atoms with van der Waals surface area (Å²) in [5, 5.41) is 10.7. The van der Waals surface area contributed by atoms with Gasteiger partial charge in [-0.15, -0.1) is 0 Å². The molecule has 25 heavy (non-hydrogen) atoms. The van der Waals surface area contributed by atoms with E-state index in [4.69, 9.17) is 4.42 Å². The number of nitrogens with zero attached hydrogens (tertiary/aromatic N) is 2. The summed E-state index contributed by atoms with van der Waals surface area (Å²) in [7, 11) is 2.14. The summed E-state index contributed by atoms with van der Waals surface area (Å²) in [6, 6.07) is 14.5. The molecule has 0 atom stereocenters. The van der Waals surface area contributed by atoms with Gasteiger partial charge < -0.3 is 14.6 Å². The van der Waals surface area contributed by atoms with Gasteiger partial charge in [-0.1, -0.05) is 18.2 Å². The maximum absolute atomic E-state index is 5.68. The lowest BCUT2D eigenvalue weighted by Gasteiger charge is -2.19. The first-order valence-electron chi connectivity index (χ1n) is 8.80. The Kier molecular flexibility index (Phi) is 5.90. The van der Waals surface area contributed by atoms with E-state index in [-0.39, 0.29) is 0 Å². The molecule has 2 heterocycles.